The molecule has 0 aliphatic carbocycles. The molecule has 0 saturated heterocycles. The van der Waals surface area contributed by atoms with E-state index >= 15 is 0 Å². The maximum absolute atomic E-state index is 12.9. The zero-order valence-electron chi connectivity index (χ0n) is 12.8. The van der Waals surface area contributed by atoms with Crippen LogP contribution in [0, 0.1) is 10.1 Å². The first kappa shape index (κ1) is 17.6. The molecule has 2 atom stereocenters. The minimum Gasteiger partial charge on any atom is -0.258 e. The molecular formula is C14H22N2O4S. The zero-order chi connectivity index (χ0) is 16.2. The van der Waals surface area contributed by atoms with Crippen molar-refractivity contribution in [3.8, 4) is 0 Å². The Morgan fingerprint density at radius 2 is 1.62 bits per heavy atom. The van der Waals surface area contributed by atoms with E-state index < -0.39 is 14.9 Å². The Hall–Kier alpha value is -1.47. The van der Waals surface area contributed by atoms with Crippen molar-refractivity contribution in [3.05, 3.63) is 34.4 Å². The van der Waals surface area contributed by atoms with Gasteiger partial charge in [-0.3, -0.25) is 10.1 Å². The Bertz CT molecular complexity index is 591. The highest BCUT2D eigenvalue weighted by molar-refractivity contribution is 7.89. The number of nitrogens with zero attached hydrogens (tertiary/aromatic N) is 2. The summed E-state index contributed by atoms with van der Waals surface area (Å²) in [4.78, 5) is 10.2. The molecule has 0 aromatic heterocycles. The fourth-order valence-electron chi connectivity index (χ4n) is 2.21. The van der Waals surface area contributed by atoms with Gasteiger partial charge in [0, 0.05) is 18.2 Å². The minimum atomic E-state index is -3.91. The van der Waals surface area contributed by atoms with Crippen LogP contribution in [0.5, 0.6) is 0 Å². The van der Waals surface area contributed by atoms with Crippen molar-refractivity contribution in [2.45, 2.75) is 57.5 Å². The molecule has 21 heavy (non-hydrogen) atoms. The topological polar surface area (TPSA) is 80.5 Å². The Morgan fingerprint density at radius 3 is 2.05 bits per heavy atom. The van der Waals surface area contributed by atoms with Crippen molar-refractivity contribution in [2.75, 3.05) is 0 Å². The third kappa shape index (κ3) is 3.59. The van der Waals surface area contributed by atoms with Gasteiger partial charge in [-0.15, -0.1) is 0 Å². The molecule has 0 aliphatic rings. The van der Waals surface area contributed by atoms with E-state index in [1.54, 1.807) is 0 Å². The summed E-state index contributed by atoms with van der Waals surface area (Å²) in [5, 5.41) is 11.1. The second-order valence-electron chi connectivity index (χ2n) is 5.07. The van der Waals surface area contributed by atoms with E-state index in [2.05, 4.69) is 0 Å². The first-order chi connectivity index (χ1) is 9.77. The van der Waals surface area contributed by atoms with Gasteiger partial charge in [0.05, 0.1) is 4.92 Å². The van der Waals surface area contributed by atoms with Gasteiger partial charge < -0.3 is 0 Å². The summed E-state index contributed by atoms with van der Waals surface area (Å²) in [6, 6.07) is 5.05. The van der Waals surface area contributed by atoms with Gasteiger partial charge in [0.2, 0.25) is 10.0 Å². The summed E-state index contributed by atoms with van der Waals surface area (Å²) in [5.74, 6) is 0. The van der Waals surface area contributed by atoms with Crippen LogP contribution in [-0.4, -0.2) is 29.7 Å². The van der Waals surface area contributed by atoms with Crippen LogP contribution in [0.25, 0.3) is 0 Å². The summed E-state index contributed by atoms with van der Waals surface area (Å²) in [6.45, 7) is 7.43. The van der Waals surface area contributed by atoms with E-state index in [0.29, 0.717) is 12.8 Å². The van der Waals surface area contributed by atoms with Crippen molar-refractivity contribution in [2.24, 2.45) is 0 Å². The van der Waals surface area contributed by atoms with Gasteiger partial charge in [-0.05, 0) is 32.8 Å². The Labute approximate surface area is 126 Å². The van der Waals surface area contributed by atoms with Gasteiger partial charge in [0.15, 0.2) is 4.90 Å². The number of sulfonamides is 1. The lowest BCUT2D eigenvalue weighted by Crippen LogP contribution is -2.44. The molecule has 0 aliphatic heterocycles. The molecule has 1 aromatic rings. The average molecular weight is 314 g/mol. The van der Waals surface area contributed by atoms with Crippen molar-refractivity contribution in [1.82, 2.24) is 4.31 Å². The van der Waals surface area contributed by atoms with E-state index in [-0.39, 0.29) is 22.7 Å². The molecule has 0 heterocycles. The van der Waals surface area contributed by atoms with Crippen LogP contribution in [0.15, 0.2) is 29.2 Å². The summed E-state index contributed by atoms with van der Waals surface area (Å²) in [7, 11) is -3.91. The zero-order valence-corrected chi connectivity index (χ0v) is 13.6. The number of para-hydroxylation sites is 1. The van der Waals surface area contributed by atoms with E-state index in [4.69, 9.17) is 0 Å². The number of hydrogen-bond acceptors (Lipinski definition) is 4. The fourth-order valence-corrected chi connectivity index (χ4v) is 4.34. The van der Waals surface area contributed by atoms with E-state index in [0.717, 1.165) is 0 Å². The molecule has 6 nitrogen and oxygen atoms in total. The predicted octanol–water partition coefficient (Wildman–Crippen LogP) is 3.18. The van der Waals surface area contributed by atoms with E-state index in [9.17, 15) is 18.5 Å². The van der Waals surface area contributed by atoms with Gasteiger partial charge in [0.1, 0.15) is 0 Å². The highest BCUT2D eigenvalue weighted by Gasteiger charge is 2.36. The number of hydrogen-bond donors (Lipinski definition) is 0. The predicted molar refractivity (Wildman–Crippen MR) is 81.6 cm³/mol. The number of nitro groups is 1. The molecule has 0 amide bonds. The maximum atomic E-state index is 12.9. The first-order valence-electron chi connectivity index (χ1n) is 7.04. The summed E-state index contributed by atoms with van der Waals surface area (Å²) in [5.41, 5.74) is -0.380. The lowest BCUT2D eigenvalue weighted by molar-refractivity contribution is -0.387. The van der Waals surface area contributed by atoms with Crippen molar-refractivity contribution in [1.29, 1.82) is 0 Å². The molecule has 0 saturated carbocycles. The number of nitro benzene ring substituents is 1. The smallest absolute Gasteiger partial charge is 0.258 e. The molecule has 118 valence electrons. The lowest BCUT2D eigenvalue weighted by atomic mass is 10.2. The Kier molecular flexibility index (Phi) is 5.86. The molecule has 0 N–H and O–H groups in total. The molecule has 7 heteroatoms. The van der Waals surface area contributed by atoms with Crippen LogP contribution < -0.4 is 0 Å². The molecular weight excluding hydrogens is 292 g/mol. The van der Waals surface area contributed by atoms with Crippen LogP contribution in [0.4, 0.5) is 5.69 Å². The van der Waals surface area contributed by atoms with Crippen molar-refractivity contribution < 1.29 is 13.3 Å². The molecule has 0 unspecified atom stereocenters. The van der Waals surface area contributed by atoms with Gasteiger partial charge >= 0.3 is 0 Å². The van der Waals surface area contributed by atoms with Crippen LogP contribution >= 0.6 is 0 Å². The number of rotatable bonds is 7. The molecule has 0 fully saturated rings. The van der Waals surface area contributed by atoms with E-state index in [1.165, 1.54) is 28.6 Å². The van der Waals surface area contributed by atoms with Crippen LogP contribution in [0.1, 0.15) is 40.5 Å². The van der Waals surface area contributed by atoms with Crippen molar-refractivity contribution in [3.63, 3.8) is 0 Å². The fraction of sp³-hybridized carbons (Fsp3) is 0.571. The average Bonchev–Trinajstić information content (AvgIpc) is 2.46. The SMILES string of the molecule is CC[C@H](C)N([C@@H](C)CC)S(=O)(=O)c1ccccc1[N+](=O)[O-]. The highest BCUT2D eigenvalue weighted by Crippen LogP contribution is 2.29. The van der Waals surface area contributed by atoms with Crippen LogP contribution in [-0.2, 0) is 10.0 Å². The van der Waals surface area contributed by atoms with Crippen LogP contribution in [0.3, 0.4) is 0 Å². The monoisotopic (exact) mass is 314 g/mol. The Balaban J connectivity index is 3.46. The molecule has 0 radical (unpaired) electrons. The lowest BCUT2D eigenvalue weighted by Gasteiger charge is -2.32. The molecule has 1 aromatic carbocycles. The summed E-state index contributed by atoms with van der Waals surface area (Å²) in [6.07, 6.45) is 1.29. The second kappa shape index (κ2) is 7.00. The maximum Gasteiger partial charge on any atom is 0.289 e. The second-order valence-corrected chi connectivity index (χ2v) is 6.89. The number of benzene rings is 1. The summed E-state index contributed by atoms with van der Waals surface area (Å²) >= 11 is 0. The highest BCUT2D eigenvalue weighted by atomic mass is 32.2. The van der Waals surface area contributed by atoms with Crippen molar-refractivity contribution >= 4 is 15.7 Å². The van der Waals surface area contributed by atoms with Gasteiger partial charge in [0.25, 0.3) is 5.69 Å². The van der Waals surface area contributed by atoms with E-state index in [1.807, 2.05) is 27.7 Å². The van der Waals surface area contributed by atoms with Gasteiger partial charge in [-0.1, -0.05) is 26.0 Å². The van der Waals surface area contributed by atoms with Crippen LogP contribution in [0.2, 0.25) is 0 Å². The normalized spacial score (nSPS) is 14.9. The standard InChI is InChI=1S/C14H22N2O4S/c1-5-11(3)15(12(4)6-2)21(19,20)14-10-8-7-9-13(14)16(17)18/h7-12H,5-6H2,1-4H3/t11-,12-/m0/s1. The quantitative estimate of drug-likeness (QED) is 0.572. The molecule has 1 rings (SSSR count). The molecule has 0 bridgehead atoms. The third-order valence-corrected chi connectivity index (χ3v) is 5.84. The largest absolute Gasteiger partial charge is 0.289 e. The van der Waals surface area contributed by atoms with Gasteiger partial charge in [-0.25, -0.2) is 8.42 Å². The Morgan fingerprint density at radius 1 is 1.14 bits per heavy atom. The first-order valence-corrected chi connectivity index (χ1v) is 8.48. The van der Waals surface area contributed by atoms with Gasteiger partial charge in [-0.2, -0.15) is 4.31 Å². The molecule has 0 spiro atoms. The minimum absolute atomic E-state index is 0.218. The summed E-state index contributed by atoms with van der Waals surface area (Å²) < 4.78 is 27.1. The third-order valence-electron chi connectivity index (χ3n) is 3.67.